The fraction of sp³-hybridized carbons (Fsp3) is 0.615. The molecule has 1 fully saturated rings. The summed E-state index contributed by atoms with van der Waals surface area (Å²) < 4.78 is 0. The average Bonchev–Trinajstić information content (AvgIpc) is 2.29. The summed E-state index contributed by atoms with van der Waals surface area (Å²) in [6, 6.07) is 4.79. The second-order valence-corrected chi connectivity index (χ2v) is 4.81. The van der Waals surface area contributed by atoms with Gasteiger partial charge in [0.25, 0.3) is 0 Å². The normalized spacial score (nSPS) is 25.6. The molecule has 0 aliphatic heterocycles. The van der Waals surface area contributed by atoms with E-state index in [1.807, 2.05) is 12.3 Å². The van der Waals surface area contributed by atoms with Gasteiger partial charge in [0.05, 0.1) is 0 Å². The van der Waals surface area contributed by atoms with Gasteiger partial charge in [0.15, 0.2) is 0 Å². The fourth-order valence-electron chi connectivity index (χ4n) is 2.69. The lowest BCUT2D eigenvalue weighted by Crippen LogP contribution is -2.31. The third-order valence-electron chi connectivity index (χ3n) is 3.56. The fourth-order valence-corrected chi connectivity index (χ4v) is 2.69. The highest BCUT2D eigenvalue weighted by molar-refractivity contribution is 5.31. The van der Waals surface area contributed by atoms with E-state index in [2.05, 4.69) is 23.4 Å². The molecule has 2 unspecified atom stereocenters. The lowest BCUT2D eigenvalue weighted by atomic mass is 9.82. The van der Waals surface area contributed by atoms with Crippen molar-refractivity contribution in [2.24, 2.45) is 5.92 Å². The summed E-state index contributed by atoms with van der Waals surface area (Å²) in [6.45, 7) is 0. The number of pyridine rings is 1. The zero-order chi connectivity index (χ0) is 11.4. The molecule has 2 rings (SSSR count). The Balaban J connectivity index is 1.94. The molecule has 1 aliphatic carbocycles. The van der Waals surface area contributed by atoms with Gasteiger partial charge < -0.3 is 11.1 Å². The highest BCUT2D eigenvalue weighted by Crippen LogP contribution is 2.27. The van der Waals surface area contributed by atoms with Crippen molar-refractivity contribution < 1.29 is 0 Å². The van der Waals surface area contributed by atoms with Crippen molar-refractivity contribution in [2.45, 2.75) is 38.1 Å². The Morgan fingerprint density at radius 3 is 3.12 bits per heavy atom. The van der Waals surface area contributed by atoms with E-state index in [0.717, 1.165) is 12.3 Å². The highest BCUT2D eigenvalue weighted by Gasteiger charge is 2.20. The third kappa shape index (κ3) is 2.95. The average molecular weight is 219 g/mol. The molecule has 3 heteroatoms. The van der Waals surface area contributed by atoms with Crippen LogP contribution in [0.3, 0.4) is 0 Å². The van der Waals surface area contributed by atoms with Crippen LogP contribution in [-0.4, -0.2) is 18.1 Å². The first-order valence-electron chi connectivity index (χ1n) is 6.15. The summed E-state index contributed by atoms with van der Waals surface area (Å²) in [6.07, 6.45) is 8.26. The van der Waals surface area contributed by atoms with Gasteiger partial charge in [-0.25, -0.2) is 4.98 Å². The standard InChI is InChI=1S/C13H21N3/c1-15-12-4-2-3-10(8-12)7-11-5-6-16-13(14)9-11/h5-6,9-10,12,15H,2-4,7-8H2,1H3,(H2,14,16). The van der Waals surface area contributed by atoms with Crippen molar-refractivity contribution in [3.8, 4) is 0 Å². The number of nitrogens with one attached hydrogen (secondary N) is 1. The third-order valence-corrected chi connectivity index (χ3v) is 3.56. The summed E-state index contributed by atoms with van der Waals surface area (Å²) >= 11 is 0. The maximum absolute atomic E-state index is 5.69. The zero-order valence-electron chi connectivity index (χ0n) is 9.95. The number of nitrogens with zero attached hydrogens (tertiary/aromatic N) is 1. The minimum Gasteiger partial charge on any atom is -0.384 e. The molecule has 0 aromatic carbocycles. The Bertz CT molecular complexity index is 338. The van der Waals surface area contributed by atoms with Gasteiger partial charge in [0, 0.05) is 12.2 Å². The molecule has 1 aliphatic rings. The second-order valence-electron chi connectivity index (χ2n) is 4.81. The Morgan fingerprint density at radius 1 is 1.50 bits per heavy atom. The maximum atomic E-state index is 5.69. The lowest BCUT2D eigenvalue weighted by Gasteiger charge is -2.28. The molecule has 0 bridgehead atoms. The van der Waals surface area contributed by atoms with Crippen LogP contribution in [0.15, 0.2) is 18.3 Å². The van der Waals surface area contributed by atoms with E-state index in [0.29, 0.717) is 11.9 Å². The molecule has 1 heterocycles. The Morgan fingerprint density at radius 2 is 2.38 bits per heavy atom. The second kappa shape index (κ2) is 5.30. The topological polar surface area (TPSA) is 50.9 Å². The van der Waals surface area contributed by atoms with E-state index in [4.69, 9.17) is 5.73 Å². The van der Waals surface area contributed by atoms with Crippen LogP contribution >= 0.6 is 0 Å². The van der Waals surface area contributed by atoms with Gasteiger partial charge in [0.2, 0.25) is 0 Å². The molecule has 1 aromatic rings. The van der Waals surface area contributed by atoms with Crippen LogP contribution in [0.4, 0.5) is 5.82 Å². The van der Waals surface area contributed by atoms with Crippen LogP contribution in [0.5, 0.6) is 0 Å². The maximum Gasteiger partial charge on any atom is 0.123 e. The van der Waals surface area contributed by atoms with Gasteiger partial charge in [-0.2, -0.15) is 0 Å². The van der Waals surface area contributed by atoms with E-state index < -0.39 is 0 Å². The first-order valence-corrected chi connectivity index (χ1v) is 6.15. The predicted octanol–water partition coefficient (Wildman–Crippen LogP) is 1.98. The summed E-state index contributed by atoms with van der Waals surface area (Å²) in [7, 11) is 2.07. The lowest BCUT2D eigenvalue weighted by molar-refractivity contribution is 0.294. The van der Waals surface area contributed by atoms with Crippen molar-refractivity contribution in [1.29, 1.82) is 0 Å². The molecule has 0 saturated heterocycles. The van der Waals surface area contributed by atoms with Crippen molar-refractivity contribution in [1.82, 2.24) is 10.3 Å². The molecule has 16 heavy (non-hydrogen) atoms. The van der Waals surface area contributed by atoms with Gasteiger partial charge >= 0.3 is 0 Å². The van der Waals surface area contributed by atoms with E-state index in [1.54, 1.807) is 0 Å². The van der Waals surface area contributed by atoms with Gasteiger partial charge in [-0.3, -0.25) is 0 Å². The molecule has 88 valence electrons. The van der Waals surface area contributed by atoms with E-state index in [-0.39, 0.29) is 0 Å². The Kier molecular flexibility index (Phi) is 3.78. The number of hydrogen-bond donors (Lipinski definition) is 2. The van der Waals surface area contributed by atoms with Crippen molar-refractivity contribution in [3.05, 3.63) is 23.9 Å². The van der Waals surface area contributed by atoms with Crippen LogP contribution in [0.1, 0.15) is 31.2 Å². The molecule has 2 atom stereocenters. The molecule has 0 radical (unpaired) electrons. The number of nitrogens with two attached hydrogens (primary N) is 1. The van der Waals surface area contributed by atoms with Gasteiger partial charge in [-0.15, -0.1) is 0 Å². The Hall–Kier alpha value is -1.09. The quantitative estimate of drug-likeness (QED) is 0.817. The monoisotopic (exact) mass is 219 g/mol. The van der Waals surface area contributed by atoms with Crippen LogP contribution < -0.4 is 11.1 Å². The predicted molar refractivity (Wildman–Crippen MR) is 67.2 cm³/mol. The van der Waals surface area contributed by atoms with Crippen molar-refractivity contribution in [2.75, 3.05) is 12.8 Å². The largest absolute Gasteiger partial charge is 0.384 e. The molecule has 3 nitrogen and oxygen atoms in total. The van der Waals surface area contributed by atoms with Gasteiger partial charge in [0.1, 0.15) is 5.82 Å². The molecule has 3 N–H and O–H groups in total. The summed E-state index contributed by atoms with van der Waals surface area (Å²) in [5, 5.41) is 3.39. The molecule has 1 aromatic heterocycles. The highest BCUT2D eigenvalue weighted by atomic mass is 14.9. The van der Waals surface area contributed by atoms with E-state index in [9.17, 15) is 0 Å². The Labute approximate surface area is 97.5 Å². The zero-order valence-corrected chi connectivity index (χ0v) is 9.95. The number of nitrogen functional groups attached to an aromatic ring is 1. The minimum absolute atomic E-state index is 0.637. The van der Waals surface area contributed by atoms with Crippen LogP contribution in [0, 0.1) is 5.92 Å². The molecule has 0 amide bonds. The van der Waals surface area contributed by atoms with Gasteiger partial charge in [-0.1, -0.05) is 12.8 Å². The SMILES string of the molecule is CNC1CCCC(Cc2ccnc(N)c2)C1. The first-order chi connectivity index (χ1) is 7.78. The van der Waals surface area contributed by atoms with Crippen LogP contribution in [-0.2, 0) is 6.42 Å². The van der Waals surface area contributed by atoms with Crippen molar-refractivity contribution >= 4 is 5.82 Å². The van der Waals surface area contributed by atoms with Crippen molar-refractivity contribution in [3.63, 3.8) is 0 Å². The molecular weight excluding hydrogens is 198 g/mol. The van der Waals surface area contributed by atoms with E-state index >= 15 is 0 Å². The number of hydrogen-bond acceptors (Lipinski definition) is 3. The molecular formula is C13H21N3. The first kappa shape index (κ1) is 11.4. The number of aromatic nitrogens is 1. The smallest absolute Gasteiger partial charge is 0.123 e. The summed E-state index contributed by atoms with van der Waals surface area (Å²) in [5.74, 6) is 1.44. The minimum atomic E-state index is 0.637. The van der Waals surface area contributed by atoms with E-state index in [1.165, 1.54) is 31.2 Å². The number of anilines is 1. The van der Waals surface area contributed by atoms with Gasteiger partial charge in [-0.05, 0) is 49.9 Å². The summed E-state index contributed by atoms with van der Waals surface area (Å²) in [4.78, 5) is 4.03. The van der Waals surface area contributed by atoms with Crippen LogP contribution in [0.25, 0.3) is 0 Å². The number of rotatable bonds is 3. The summed E-state index contributed by atoms with van der Waals surface area (Å²) in [5.41, 5.74) is 7.02. The molecule has 1 saturated carbocycles. The van der Waals surface area contributed by atoms with Crippen LogP contribution in [0.2, 0.25) is 0 Å². The molecule has 0 spiro atoms.